The van der Waals surface area contributed by atoms with E-state index in [1.54, 1.807) is 0 Å². The Balaban J connectivity index is 2.09. The van der Waals surface area contributed by atoms with E-state index in [1.807, 2.05) is 48.5 Å². The van der Waals surface area contributed by atoms with E-state index >= 15 is 0 Å². The van der Waals surface area contributed by atoms with Gasteiger partial charge in [0.05, 0.1) is 0 Å². The van der Waals surface area contributed by atoms with Gasteiger partial charge in [-0.25, -0.2) is 0 Å². The van der Waals surface area contributed by atoms with Gasteiger partial charge >= 0.3 is 0 Å². The van der Waals surface area contributed by atoms with Gasteiger partial charge in [0.25, 0.3) is 0 Å². The maximum absolute atomic E-state index is 6.14. The van der Waals surface area contributed by atoms with Crippen molar-refractivity contribution in [1.82, 2.24) is 5.32 Å². The van der Waals surface area contributed by atoms with Gasteiger partial charge < -0.3 is 5.32 Å². The van der Waals surface area contributed by atoms with Crippen molar-refractivity contribution >= 4 is 34.8 Å². The van der Waals surface area contributed by atoms with Crippen molar-refractivity contribution < 1.29 is 0 Å². The molecule has 0 fully saturated rings. The minimum atomic E-state index is 0.0789. The van der Waals surface area contributed by atoms with Crippen molar-refractivity contribution in [3.63, 3.8) is 0 Å². The maximum atomic E-state index is 6.14. The highest BCUT2D eigenvalue weighted by molar-refractivity contribution is 6.35. The number of rotatable bonds is 5. The monoisotopic (exact) mass is 313 g/mol. The smallest absolute Gasteiger partial charge is 0.0465 e. The van der Waals surface area contributed by atoms with Crippen LogP contribution in [0.4, 0.5) is 0 Å². The molecule has 0 aliphatic heterocycles. The van der Waals surface area contributed by atoms with E-state index in [0.29, 0.717) is 22.5 Å². The molecule has 2 aromatic rings. The van der Waals surface area contributed by atoms with Gasteiger partial charge in [-0.05, 0) is 17.7 Å². The highest BCUT2D eigenvalue weighted by Crippen LogP contribution is 2.25. The zero-order chi connectivity index (χ0) is 13.7. The third-order valence-corrected chi connectivity index (χ3v) is 3.96. The standard InChI is InChI=1S/C15H14Cl3N/c16-9-15(11-5-2-1-3-6-11)19-10-12-13(17)7-4-8-14(12)18/h1-8,15,19H,9-10H2. The van der Waals surface area contributed by atoms with E-state index in [2.05, 4.69) is 5.32 Å². The van der Waals surface area contributed by atoms with Gasteiger partial charge in [-0.3, -0.25) is 0 Å². The van der Waals surface area contributed by atoms with Crippen LogP contribution in [-0.4, -0.2) is 5.88 Å². The van der Waals surface area contributed by atoms with Gasteiger partial charge in [0.15, 0.2) is 0 Å². The predicted octanol–water partition coefficient (Wildman–Crippen LogP) is 5.06. The summed E-state index contributed by atoms with van der Waals surface area (Å²) in [6.07, 6.45) is 0. The molecular formula is C15H14Cl3N. The first kappa shape index (κ1) is 14.7. The molecule has 1 nitrogen and oxygen atoms in total. The molecule has 2 rings (SSSR count). The second-order valence-electron chi connectivity index (χ2n) is 4.20. The summed E-state index contributed by atoms with van der Waals surface area (Å²) < 4.78 is 0. The number of benzene rings is 2. The number of alkyl halides is 1. The van der Waals surface area contributed by atoms with Crippen molar-refractivity contribution in [3.05, 3.63) is 69.7 Å². The molecule has 0 amide bonds. The minimum Gasteiger partial charge on any atom is -0.305 e. The molecule has 0 saturated carbocycles. The highest BCUT2D eigenvalue weighted by Gasteiger charge is 2.11. The average molecular weight is 315 g/mol. The summed E-state index contributed by atoms with van der Waals surface area (Å²) in [5.74, 6) is 0.492. The quantitative estimate of drug-likeness (QED) is 0.760. The molecule has 0 aliphatic rings. The van der Waals surface area contributed by atoms with E-state index < -0.39 is 0 Å². The molecule has 0 bridgehead atoms. The Bertz CT molecular complexity index is 508. The highest BCUT2D eigenvalue weighted by atomic mass is 35.5. The summed E-state index contributed by atoms with van der Waals surface area (Å²) in [5.41, 5.74) is 2.05. The average Bonchev–Trinajstić information content (AvgIpc) is 2.43. The van der Waals surface area contributed by atoms with Crippen LogP contribution < -0.4 is 5.32 Å². The molecule has 1 N–H and O–H groups in total. The van der Waals surface area contributed by atoms with E-state index in [9.17, 15) is 0 Å². The first-order valence-electron chi connectivity index (χ1n) is 5.99. The number of halogens is 3. The van der Waals surface area contributed by atoms with E-state index in [-0.39, 0.29) is 6.04 Å². The second-order valence-corrected chi connectivity index (χ2v) is 5.32. The lowest BCUT2D eigenvalue weighted by Gasteiger charge is -2.17. The largest absolute Gasteiger partial charge is 0.305 e. The van der Waals surface area contributed by atoms with E-state index in [1.165, 1.54) is 0 Å². The fourth-order valence-electron chi connectivity index (χ4n) is 1.87. The van der Waals surface area contributed by atoms with Gasteiger partial charge in [0.2, 0.25) is 0 Å². The Hall–Kier alpha value is -0.730. The normalized spacial score (nSPS) is 12.4. The third-order valence-electron chi connectivity index (χ3n) is 2.94. The van der Waals surface area contributed by atoms with Crippen molar-refractivity contribution in [2.75, 3.05) is 5.88 Å². The Morgan fingerprint density at radius 3 is 2.11 bits per heavy atom. The molecule has 2 aromatic carbocycles. The van der Waals surface area contributed by atoms with Crippen LogP contribution in [0.1, 0.15) is 17.2 Å². The Morgan fingerprint density at radius 2 is 1.53 bits per heavy atom. The van der Waals surface area contributed by atoms with Gasteiger partial charge in [0, 0.05) is 34.1 Å². The molecule has 100 valence electrons. The van der Waals surface area contributed by atoms with E-state index in [0.717, 1.165) is 11.1 Å². The molecule has 0 heterocycles. The molecule has 19 heavy (non-hydrogen) atoms. The van der Waals surface area contributed by atoms with Crippen LogP contribution in [0.15, 0.2) is 48.5 Å². The fraction of sp³-hybridized carbons (Fsp3) is 0.200. The molecule has 1 atom stereocenters. The Labute approximate surface area is 128 Å². The first-order chi connectivity index (χ1) is 9.22. The summed E-state index contributed by atoms with van der Waals surface area (Å²) in [7, 11) is 0. The summed E-state index contributed by atoms with van der Waals surface area (Å²) in [6.45, 7) is 0.588. The molecule has 0 radical (unpaired) electrons. The van der Waals surface area contributed by atoms with Gasteiger partial charge in [0.1, 0.15) is 0 Å². The molecule has 0 aliphatic carbocycles. The zero-order valence-corrected chi connectivity index (χ0v) is 12.5. The molecule has 0 spiro atoms. The SMILES string of the molecule is ClCC(NCc1c(Cl)cccc1Cl)c1ccccc1. The lowest BCUT2D eigenvalue weighted by Crippen LogP contribution is -2.22. The lowest BCUT2D eigenvalue weighted by atomic mass is 10.1. The second kappa shape index (κ2) is 7.16. The summed E-state index contributed by atoms with van der Waals surface area (Å²) in [4.78, 5) is 0. The predicted molar refractivity (Wildman–Crippen MR) is 83.2 cm³/mol. The third kappa shape index (κ3) is 3.87. The van der Waals surface area contributed by atoms with Gasteiger partial charge in [-0.1, -0.05) is 59.6 Å². The first-order valence-corrected chi connectivity index (χ1v) is 7.28. The Kier molecular flexibility index (Phi) is 5.53. The van der Waals surface area contributed by atoms with E-state index in [4.69, 9.17) is 34.8 Å². The van der Waals surface area contributed by atoms with Gasteiger partial charge in [-0.2, -0.15) is 0 Å². The fourth-order valence-corrected chi connectivity index (χ4v) is 2.69. The van der Waals surface area contributed by atoms with Crippen molar-refractivity contribution in [2.45, 2.75) is 12.6 Å². The summed E-state index contributed by atoms with van der Waals surface area (Å²) in [5, 5.41) is 4.72. The summed E-state index contributed by atoms with van der Waals surface area (Å²) in [6, 6.07) is 15.7. The van der Waals surface area contributed by atoms with Crippen LogP contribution in [0.5, 0.6) is 0 Å². The number of nitrogens with one attached hydrogen (secondary N) is 1. The number of hydrogen-bond acceptors (Lipinski definition) is 1. The Morgan fingerprint density at radius 1 is 0.895 bits per heavy atom. The summed E-state index contributed by atoms with van der Waals surface area (Å²) >= 11 is 18.3. The van der Waals surface area contributed by atoms with Crippen LogP contribution in [0.3, 0.4) is 0 Å². The maximum Gasteiger partial charge on any atom is 0.0465 e. The van der Waals surface area contributed by atoms with Crippen LogP contribution in [-0.2, 0) is 6.54 Å². The van der Waals surface area contributed by atoms with Crippen LogP contribution in [0.2, 0.25) is 10.0 Å². The molecule has 0 aromatic heterocycles. The van der Waals surface area contributed by atoms with Crippen LogP contribution >= 0.6 is 34.8 Å². The molecule has 1 unspecified atom stereocenters. The van der Waals surface area contributed by atoms with Crippen LogP contribution in [0, 0.1) is 0 Å². The number of hydrogen-bond donors (Lipinski definition) is 1. The molecular weight excluding hydrogens is 301 g/mol. The lowest BCUT2D eigenvalue weighted by molar-refractivity contribution is 0.580. The van der Waals surface area contributed by atoms with Crippen molar-refractivity contribution in [1.29, 1.82) is 0 Å². The van der Waals surface area contributed by atoms with Gasteiger partial charge in [-0.15, -0.1) is 11.6 Å². The van der Waals surface area contributed by atoms with Crippen LogP contribution in [0.25, 0.3) is 0 Å². The molecule has 0 saturated heterocycles. The topological polar surface area (TPSA) is 12.0 Å². The minimum absolute atomic E-state index is 0.0789. The van der Waals surface area contributed by atoms with Crippen molar-refractivity contribution in [2.24, 2.45) is 0 Å². The van der Waals surface area contributed by atoms with Crippen molar-refractivity contribution in [3.8, 4) is 0 Å². The molecule has 4 heteroatoms. The zero-order valence-electron chi connectivity index (χ0n) is 10.2.